The molecule has 3 heteroatoms. The van der Waals surface area contributed by atoms with Gasteiger partial charge in [0.1, 0.15) is 0 Å². The third kappa shape index (κ3) is 15.8. The van der Waals surface area contributed by atoms with Crippen LogP contribution in [0.3, 0.4) is 0 Å². The number of carbonyl (C=O) groups is 1. The highest BCUT2D eigenvalue weighted by Gasteiger charge is 1.96. The standard InChI is InChI=1S/C15H29ClO2/c16-14-12-10-8-6-4-2-1-3-5-7-9-11-13-15(17)18/h1-14H2,(H,17,18). The molecule has 0 unspecified atom stereocenters. The molecule has 0 aromatic rings. The molecule has 18 heavy (non-hydrogen) atoms. The van der Waals surface area contributed by atoms with Crippen molar-refractivity contribution in [1.82, 2.24) is 0 Å². The Morgan fingerprint density at radius 2 is 1.00 bits per heavy atom. The van der Waals surface area contributed by atoms with Crippen molar-refractivity contribution >= 4 is 17.6 Å². The largest absolute Gasteiger partial charge is 0.481 e. The molecular weight excluding hydrogens is 248 g/mol. The molecule has 0 rings (SSSR count). The summed E-state index contributed by atoms with van der Waals surface area (Å²) in [6, 6.07) is 0. The summed E-state index contributed by atoms with van der Waals surface area (Å²) in [5.41, 5.74) is 0. The van der Waals surface area contributed by atoms with Crippen LogP contribution in [0.1, 0.15) is 83.5 Å². The number of carboxylic acids is 1. The molecule has 0 aliphatic carbocycles. The molecule has 0 bridgehead atoms. The predicted molar refractivity (Wildman–Crippen MR) is 78.4 cm³/mol. The maximum Gasteiger partial charge on any atom is 0.303 e. The quantitative estimate of drug-likeness (QED) is 0.341. The van der Waals surface area contributed by atoms with Gasteiger partial charge < -0.3 is 5.11 Å². The van der Waals surface area contributed by atoms with Crippen molar-refractivity contribution in [3.8, 4) is 0 Å². The number of unbranched alkanes of at least 4 members (excludes halogenated alkanes) is 11. The average Bonchev–Trinajstić information content (AvgIpc) is 2.34. The zero-order chi connectivity index (χ0) is 13.5. The van der Waals surface area contributed by atoms with Crippen molar-refractivity contribution in [2.45, 2.75) is 83.5 Å². The maximum absolute atomic E-state index is 10.3. The van der Waals surface area contributed by atoms with Crippen molar-refractivity contribution in [3.05, 3.63) is 0 Å². The molecule has 0 saturated carbocycles. The summed E-state index contributed by atoms with van der Waals surface area (Å²) in [7, 11) is 0. The van der Waals surface area contributed by atoms with Crippen LogP contribution in [0, 0.1) is 0 Å². The first-order valence-corrected chi connectivity index (χ1v) is 8.08. The highest BCUT2D eigenvalue weighted by Crippen LogP contribution is 2.12. The topological polar surface area (TPSA) is 37.3 Å². The SMILES string of the molecule is O=C(O)CCCCCCCCCCCCCCCl. The monoisotopic (exact) mass is 276 g/mol. The third-order valence-electron chi connectivity index (χ3n) is 3.27. The predicted octanol–water partition coefficient (Wildman–Crippen LogP) is 5.38. The molecule has 2 nitrogen and oxygen atoms in total. The van der Waals surface area contributed by atoms with Gasteiger partial charge in [-0.1, -0.05) is 64.2 Å². The van der Waals surface area contributed by atoms with Gasteiger partial charge in [0.05, 0.1) is 0 Å². The highest BCUT2D eigenvalue weighted by atomic mass is 35.5. The fourth-order valence-corrected chi connectivity index (χ4v) is 2.33. The van der Waals surface area contributed by atoms with E-state index in [1.807, 2.05) is 0 Å². The van der Waals surface area contributed by atoms with Gasteiger partial charge in [0.15, 0.2) is 0 Å². The summed E-state index contributed by atoms with van der Waals surface area (Å²) in [4.78, 5) is 10.3. The van der Waals surface area contributed by atoms with Crippen molar-refractivity contribution in [3.63, 3.8) is 0 Å². The summed E-state index contributed by atoms with van der Waals surface area (Å²) in [6.07, 6.45) is 15.2. The van der Waals surface area contributed by atoms with Crippen LogP contribution in [0.2, 0.25) is 0 Å². The van der Waals surface area contributed by atoms with Crippen LogP contribution >= 0.6 is 11.6 Å². The Bertz CT molecular complexity index is 183. The zero-order valence-electron chi connectivity index (χ0n) is 11.6. The van der Waals surface area contributed by atoms with Gasteiger partial charge in [-0.05, 0) is 12.8 Å². The molecule has 0 atom stereocenters. The summed E-state index contributed by atoms with van der Waals surface area (Å²) in [6.45, 7) is 0. The number of aliphatic carboxylic acids is 1. The first kappa shape index (κ1) is 17.8. The number of rotatable bonds is 14. The fraction of sp³-hybridized carbons (Fsp3) is 0.933. The second-order valence-corrected chi connectivity index (χ2v) is 5.45. The van der Waals surface area contributed by atoms with Crippen molar-refractivity contribution in [2.75, 3.05) is 5.88 Å². The van der Waals surface area contributed by atoms with Crippen LogP contribution in [-0.2, 0) is 4.79 Å². The lowest BCUT2D eigenvalue weighted by atomic mass is 10.0. The molecule has 0 saturated heterocycles. The molecule has 0 aromatic carbocycles. The van der Waals surface area contributed by atoms with E-state index in [1.165, 1.54) is 57.8 Å². The van der Waals surface area contributed by atoms with E-state index in [1.54, 1.807) is 0 Å². The summed E-state index contributed by atoms with van der Waals surface area (Å²) >= 11 is 5.62. The first-order valence-electron chi connectivity index (χ1n) is 7.55. The van der Waals surface area contributed by atoms with Gasteiger partial charge in [0.25, 0.3) is 0 Å². The van der Waals surface area contributed by atoms with E-state index < -0.39 is 5.97 Å². The number of halogens is 1. The Morgan fingerprint density at radius 3 is 1.33 bits per heavy atom. The summed E-state index contributed by atoms with van der Waals surface area (Å²) in [5, 5.41) is 8.48. The third-order valence-corrected chi connectivity index (χ3v) is 3.54. The van der Waals surface area contributed by atoms with Gasteiger partial charge in [-0.3, -0.25) is 4.79 Å². The fourth-order valence-electron chi connectivity index (χ4n) is 2.14. The van der Waals surface area contributed by atoms with E-state index in [-0.39, 0.29) is 0 Å². The second kappa shape index (κ2) is 14.8. The van der Waals surface area contributed by atoms with Gasteiger partial charge in [0.2, 0.25) is 0 Å². The molecular formula is C15H29ClO2. The van der Waals surface area contributed by atoms with E-state index in [0.29, 0.717) is 6.42 Å². The lowest BCUT2D eigenvalue weighted by Gasteiger charge is -2.02. The van der Waals surface area contributed by atoms with E-state index in [9.17, 15) is 4.79 Å². The van der Waals surface area contributed by atoms with E-state index >= 15 is 0 Å². The molecule has 0 heterocycles. The number of hydrogen-bond acceptors (Lipinski definition) is 1. The molecule has 0 spiro atoms. The minimum absolute atomic E-state index is 0.336. The van der Waals surface area contributed by atoms with Gasteiger partial charge in [-0.15, -0.1) is 11.6 Å². The summed E-state index contributed by atoms with van der Waals surface area (Å²) < 4.78 is 0. The van der Waals surface area contributed by atoms with Gasteiger partial charge in [0, 0.05) is 12.3 Å². The van der Waals surface area contributed by atoms with Crippen molar-refractivity contribution < 1.29 is 9.90 Å². The number of alkyl halides is 1. The maximum atomic E-state index is 10.3. The zero-order valence-corrected chi connectivity index (χ0v) is 12.4. The van der Waals surface area contributed by atoms with E-state index in [4.69, 9.17) is 16.7 Å². The van der Waals surface area contributed by atoms with Crippen molar-refractivity contribution in [2.24, 2.45) is 0 Å². The molecule has 108 valence electrons. The summed E-state index contributed by atoms with van der Waals surface area (Å²) in [5.74, 6) is 0.145. The highest BCUT2D eigenvalue weighted by molar-refractivity contribution is 6.17. The van der Waals surface area contributed by atoms with Crippen LogP contribution in [0.5, 0.6) is 0 Å². The molecule has 0 aliphatic rings. The molecule has 0 aromatic heterocycles. The lowest BCUT2D eigenvalue weighted by molar-refractivity contribution is -0.137. The van der Waals surface area contributed by atoms with Crippen molar-refractivity contribution in [1.29, 1.82) is 0 Å². The van der Waals surface area contributed by atoms with E-state index in [2.05, 4.69) is 0 Å². The van der Waals surface area contributed by atoms with Crippen LogP contribution in [0.25, 0.3) is 0 Å². The van der Waals surface area contributed by atoms with Crippen LogP contribution in [-0.4, -0.2) is 17.0 Å². The Kier molecular flexibility index (Phi) is 14.6. The Balaban J connectivity index is 2.92. The van der Waals surface area contributed by atoms with Gasteiger partial charge >= 0.3 is 5.97 Å². The molecule has 0 radical (unpaired) electrons. The minimum Gasteiger partial charge on any atom is -0.481 e. The molecule has 0 aliphatic heterocycles. The van der Waals surface area contributed by atoms with Crippen LogP contribution in [0.15, 0.2) is 0 Å². The lowest BCUT2D eigenvalue weighted by Crippen LogP contribution is -1.93. The normalized spacial score (nSPS) is 10.7. The van der Waals surface area contributed by atoms with Crippen LogP contribution < -0.4 is 0 Å². The molecule has 0 amide bonds. The Labute approximate surface area is 117 Å². The Hall–Kier alpha value is -0.240. The number of carboxylic acid groups (broad SMARTS) is 1. The second-order valence-electron chi connectivity index (χ2n) is 5.08. The van der Waals surface area contributed by atoms with Gasteiger partial charge in [-0.25, -0.2) is 0 Å². The first-order chi connectivity index (χ1) is 8.77. The number of hydrogen-bond donors (Lipinski definition) is 1. The molecule has 0 fully saturated rings. The smallest absolute Gasteiger partial charge is 0.303 e. The molecule has 1 N–H and O–H groups in total. The minimum atomic E-state index is -0.663. The average molecular weight is 277 g/mol. The Morgan fingerprint density at radius 1 is 0.667 bits per heavy atom. The van der Waals surface area contributed by atoms with E-state index in [0.717, 1.165) is 25.1 Å². The van der Waals surface area contributed by atoms with Gasteiger partial charge in [-0.2, -0.15) is 0 Å². The van der Waals surface area contributed by atoms with Crippen LogP contribution in [0.4, 0.5) is 0 Å².